The maximum Gasteiger partial charge on any atom is 0.142 e. The molecule has 21 heavy (non-hydrogen) atoms. The second-order valence-electron chi connectivity index (χ2n) is 5.09. The van der Waals surface area contributed by atoms with Crippen molar-refractivity contribution >= 4 is 15.9 Å². The normalized spacial score (nSPS) is 12.4. The summed E-state index contributed by atoms with van der Waals surface area (Å²) in [5, 5.41) is 3.30. The number of rotatable bonds is 5. The fraction of sp³-hybridized carbons (Fsp3) is 0.294. The third-order valence-electron chi connectivity index (χ3n) is 3.29. The monoisotopic (exact) mass is 353 g/mol. The summed E-state index contributed by atoms with van der Waals surface area (Å²) in [5.74, 6) is -0.614. The van der Waals surface area contributed by atoms with E-state index in [1.54, 1.807) is 18.2 Å². The predicted molar refractivity (Wildman–Crippen MR) is 85.4 cm³/mol. The van der Waals surface area contributed by atoms with E-state index in [1.165, 1.54) is 12.1 Å². The van der Waals surface area contributed by atoms with Crippen LogP contribution in [0.15, 0.2) is 40.9 Å². The molecule has 2 rings (SSSR count). The maximum absolute atomic E-state index is 14.4. The third kappa shape index (κ3) is 3.89. The van der Waals surface area contributed by atoms with Crippen LogP contribution in [0.4, 0.5) is 8.78 Å². The van der Waals surface area contributed by atoms with Gasteiger partial charge < -0.3 is 5.32 Å². The molecule has 2 aromatic carbocycles. The zero-order valence-electron chi connectivity index (χ0n) is 12.1. The molecule has 1 nitrogen and oxygen atoms in total. The SMILES string of the molecule is CCCNC(c1cc(C)cc(F)c1)c1cccc(Br)c1F. The van der Waals surface area contributed by atoms with Gasteiger partial charge in [-0.2, -0.15) is 0 Å². The lowest BCUT2D eigenvalue weighted by Crippen LogP contribution is -2.24. The predicted octanol–water partition coefficient (Wildman–Crippen LogP) is 5.12. The zero-order valence-corrected chi connectivity index (χ0v) is 13.7. The lowest BCUT2D eigenvalue weighted by molar-refractivity contribution is 0.539. The fourth-order valence-electron chi connectivity index (χ4n) is 2.37. The Kier molecular flexibility index (Phi) is 5.48. The lowest BCUT2D eigenvalue weighted by Gasteiger charge is -2.21. The van der Waals surface area contributed by atoms with Gasteiger partial charge in [-0.3, -0.25) is 0 Å². The van der Waals surface area contributed by atoms with E-state index in [4.69, 9.17) is 0 Å². The van der Waals surface area contributed by atoms with E-state index in [9.17, 15) is 8.78 Å². The molecule has 0 aliphatic carbocycles. The molecule has 0 heterocycles. The Morgan fingerprint density at radius 3 is 2.62 bits per heavy atom. The highest BCUT2D eigenvalue weighted by Gasteiger charge is 2.19. The topological polar surface area (TPSA) is 12.0 Å². The van der Waals surface area contributed by atoms with Crippen molar-refractivity contribution in [2.75, 3.05) is 6.54 Å². The smallest absolute Gasteiger partial charge is 0.142 e. The Bertz CT molecular complexity index is 608. The standard InChI is InChI=1S/C17H18BrF2N/c1-3-7-21-17(12-8-11(2)9-13(19)10-12)14-5-4-6-15(18)16(14)20/h4-6,8-10,17,21H,3,7H2,1-2H3. The van der Waals surface area contributed by atoms with Crippen LogP contribution in [0.3, 0.4) is 0 Å². The second-order valence-corrected chi connectivity index (χ2v) is 5.95. The summed E-state index contributed by atoms with van der Waals surface area (Å²) >= 11 is 3.21. The van der Waals surface area contributed by atoms with Gasteiger partial charge in [0, 0.05) is 5.56 Å². The molecule has 0 radical (unpaired) electrons. The van der Waals surface area contributed by atoms with Gasteiger partial charge in [0.2, 0.25) is 0 Å². The molecule has 0 amide bonds. The Balaban J connectivity index is 2.49. The molecule has 1 atom stereocenters. The van der Waals surface area contributed by atoms with Crippen LogP contribution < -0.4 is 5.32 Å². The molecule has 0 saturated heterocycles. The second kappa shape index (κ2) is 7.14. The van der Waals surface area contributed by atoms with Gasteiger partial charge in [-0.15, -0.1) is 0 Å². The molecular formula is C17H18BrF2N. The van der Waals surface area contributed by atoms with Gasteiger partial charge >= 0.3 is 0 Å². The largest absolute Gasteiger partial charge is 0.306 e. The summed E-state index contributed by atoms with van der Waals surface area (Å²) in [6, 6.07) is 9.63. The molecule has 0 aromatic heterocycles. The van der Waals surface area contributed by atoms with Gasteiger partial charge in [0.15, 0.2) is 0 Å². The summed E-state index contributed by atoms with van der Waals surface area (Å²) in [6.45, 7) is 4.60. The van der Waals surface area contributed by atoms with E-state index in [-0.39, 0.29) is 17.7 Å². The van der Waals surface area contributed by atoms with Gasteiger partial charge in [0.05, 0.1) is 10.5 Å². The quantitative estimate of drug-likeness (QED) is 0.785. The van der Waals surface area contributed by atoms with Gasteiger partial charge in [0.1, 0.15) is 11.6 Å². The van der Waals surface area contributed by atoms with Crippen molar-refractivity contribution in [3.05, 3.63) is 69.2 Å². The highest BCUT2D eigenvalue weighted by atomic mass is 79.9. The van der Waals surface area contributed by atoms with Crippen LogP contribution in [0.2, 0.25) is 0 Å². The van der Waals surface area contributed by atoms with E-state index in [2.05, 4.69) is 21.2 Å². The number of halogens is 3. The summed E-state index contributed by atoms with van der Waals surface area (Å²) in [4.78, 5) is 0. The number of aryl methyl sites for hydroxylation is 1. The molecular weight excluding hydrogens is 336 g/mol. The van der Waals surface area contributed by atoms with Crippen molar-refractivity contribution in [2.24, 2.45) is 0 Å². The number of benzene rings is 2. The van der Waals surface area contributed by atoms with Crippen molar-refractivity contribution in [1.82, 2.24) is 5.32 Å². The molecule has 0 saturated carbocycles. The van der Waals surface area contributed by atoms with Crippen LogP contribution in [0.25, 0.3) is 0 Å². The van der Waals surface area contributed by atoms with Gasteiger partial charge in [-0.05, 0) is 65.1 Å². The molecule has 0 aliphatic rings. The molecule has 2 aromatic rings. The van der Waals surface area contributed by atoms with Crippen LogP contribution in [-0.2, 0) is 0 Å². The van der Waals surface area contributed by atoms with E-state index in [1.807, 2.05) is 19.9 Å². The summed E-state index contributed by atoms with van der Waals surface area (Å²) in [7, 11) is 0. The molecule has 0 bridgehead atoms. The van der Waals surface area contributed by atoms with Gasteiger partial charge in [0.25, 0.3) is 0 Å². The zero-order chi connectivity index (χ0) is 15.4. The lowest BCUT2D eigenvalue weighted by atomic mass is 9.96. The fourth-order valence-corrected chi connectivity index (χ4v) is 2.75. The Labute approximate surface area is 132 Å². The Morgan fingerprint density at radius 1 is 1.19 bits per heavy atom. The highest BCUT2D eigenvalue weighted by Crippen LogP contribution is 2.29. The molecule has 4 heteroatoms. The van der Waals surface area contributed by atoms with E-state index < -0.39 is 0 Å². The van der Waals surface area contributed by atoms with Crippen LogP contribution in [0, 0.1) is 18.6 Å². The molecule has 1 N–H and O–H groups in total. The Hall–Kier alpha value is -1.26. The van der Waals surface area contributed by atoms with Crippen LogP contribution in [0.5, 0.6) is 0 Å². The van der Waals surface area contributed by atoms with Crippen molar-refractivity contribution < 1.29 is 8.78 Å². The highest BCUT2D eigenvalue weighted by molar-refractivity contribution is 9.10. The first kappa shape index (κ1) is 16.1. The number of nitrogens with one attached hydrogen (secondary N) is 1. The molecule has 0 fully saturated rings. The number of hydrogen-bond donors (Lipinski definition) is 1. The van der Waals surface area contributed by atoms with Gasteiger partial charge in [-0.25, -0.2) is 8.78 Å². The molecule has 0 spiro atoms. The first-order valence-corrected chi connectivity index (χ1v) is 7.76. The molecule has 112 valence electrons. The van der Waals surface area contributed by atoms with Crippen LogP contribution >= 0.6 is 15.9 Å². The van der Waals surface area contributed by atoms with Crippen molar-refractivity contribution in [2.45, 2.75) is 26.3 Å². The van der Waals surface area contributed by atoms with Crippen molar-refractivity contribution in [3.8, 4) is 0 Å². The first-order valence-electron chi connectivity index (χ1n) is 6.97. The minimum atomic E-state index is -0.364. The average Bonchev–Trinajstić information content (AvgIpc) is 2.42. The minimum Gasteiger partial charge on any atom is -0.306 e. The van der Waals surface area contributed by atoms with Crippen LogP contribution in [0.1, 0.15) is 36.1 Å². The number of hydrogen-bond acceptors (Lipinski definition) is 1. The molecule has 1 unspecified atom stereocenters. The molecule has 0 aliphatic heterocycles. The van der Waals surface area contributed by atoms with E-state index >= 15 is 0 Å². The average molecular weight is 354 g/mol. The maximum atomic E-state index is 14.4. The van der Waals surface area contributed by atoms with Crippen LogP contribution in [-0.4, -0.2) is 6.54 Å². The van der Waals surface area contributed by atoms with Gasteiger partial charge in [-0.1, -0.05) is 25.1 Å². The third-order valence-corrected chi connectivity index (χ3v) is 3.90. The van der Waals surface area contributed by atoms with E-state index in [0.29, 0.717) is 10.0 Å². The van der Waals surface area contributed by atoms with Crippen molar-refractivity contribution in [3.63, 3.8) is 0 Å². The Morgan fingerprint density at radius 2 is 1.95 bits per heavy atom. The minimum absolute atomic E-state index is 0.302. The summed E-state index contributed by atoms with van der Waals surface area (Å²) in [5.41, 5.74) is 2.07. The summed E-state index contributed by atoms with van der Waals surface area (Å²) in [6.07, 6.45) is 0.917. The van der Waals surface area contributed by atoms with E-state index in [0.717, 1.165) is 24.1 Å². The van der Waals surface area contributed by atoms with Crippen molar-refractivity contribution in [1.29, 1.82) is 0 Å². The summed E-state index contributed by atoms with van der Waals surface area (Å²) < 4.78 is 28.5. The first-order chi connectivity index (χ1) is 10.0.